The zero-order valence-electron chi connectivity index (χ0n) is 11.7. The van der Waals surface area contributed by atoms with Gasteiger partial charge in [0.05, 0.1) is 26.0 Å². The van der Waals surface area contributed by atoms with Crippen molar-refractivity contribution in [2.75, 3.05) is 26.9 Å². The molecule has 0 saturated carbocycles. The quantitative estimate of drug-likeness (QED) is 0.592. The van der Waals surface area contributed by atoms with E-state index in [4.69, 9.17) is 9.84 Å². The molecule has 0 bridgehead atoms. The van der Waals surface area contributed by atoms with Gasteiger partial charge in [0.25, 0.3) is 5.56 Å². The van der Waals surface area contributed by atoms with Gasteiger partial charge in [0, 0.05) is 13.7 Å². The predicted octanol–water partition coefficient (Wildman–Crippen LogP) is -1.65. The van der Waals surface area contributed by atoms with E-state index in [1.165, 1.54) is 21.8 Å². The van der Waals surface area contributed by atoms with Gasteiger partial charge in [-0.15, -0.1) is 0 Å². The van der Waals surface area contributed by atoms with E-state index in [0.29, 0.717) is 24.2 Å². The molecule has 0 atom stereocenters. The minimum Gasteiger partial charge on any atom is -0.394 e. The van der Waals surface area contributed by atoms with E-state index >= 15 is 0 Å². The van der Waals surface area contributed by atoms with Gasteiger partial charge in [-0.2, -0.15) is 5.10 Å². The molecule has 2 aromatic heterocycles. The molecule has 0 spiro atoms. The fourth-order valence-electron chi connectivity index (χ4n) is 1.87. The van der Waals surface area contributed by atoms with E-state index in [0.717, 1.165) is 0 Å². The molecular weight excluding hydrogens is 278 g/mol. The van der Waals surface area contributed by atoms with Gasteiger partial charge in [-0.3, -0.25) is 14.2 Å². The smallest absolute Gasteiger partial charge is 0.264 e. The van der Waals surface area contributed by atoms with Gasteiger partial charge < -0.3 is 15.2 Å². The Hall–Kier alpha value is -2.26. The first-order valence-electron chi connectivity index (χ1n) is 6.45. The van der Waals surface area contributed by atoms with Gasteiger partial charge in [-0.25, -0.2) is 9.67 Å². The van der Waals surface area contributed by atoms with Crippen LogP contribution >= 0.6 is 0 Å². The molecule has 2 rings (SSSR count). The number of nitrogens with one attached hydrogen (secondary N) is 1. The Labute approximate surface area is 120 Å². The highest BCUT2D eigenvalue weighted by Gasteiger charge is 2.11. The average molecular weight is 295 g/mol. The van der Waals surface area contributed by atoms with Crippen molar-refractivity contribution in [1.29, 1.82) is 0 Å². The van der Waals surface area contributed by atoms with E-state index < -0.39 is 0 Å². The summed E-state index contributed by atoms with van der Waals surface area (Å²) in [5, 5.41) is 15.8. The summed E-state index contributed by atoms with van der Waals surface area (Å²) in [5.74, 6) is -0.293. The Morgan fingerprint density at radius 2 is 2.33 bits per heavy atom. The van der Waals surface area contributed by atoms with Gasteiger partial charge in [-0.1, -0.05) is 0 Å². The van der Waals surface area contributed by atoms with E-state index in [-0.39, 0.29) is 31.2 Å². The highest BCUT2D eigenvalue weighted by molar-refractivity contribution is 5.77. The van der Waals surface area contributed by atoms with Crippen LogP contribution in [-0.2, 0) is 22.6 Å². The number of amides is 1. The number of aliphatic hydroxyl groups excluding tert-OH is 1. The number of hydrogen-bond acceptors (Lipinski definition) is 6. The summed E-state index contributed by atoms with van der Waals surface area (Å²) in [6, 6.07) is 0. The van der Waals surface area contributed by atoms with Crippen LogP contribution in [0.15, 0.2) is 17.3 Å². The molecule has 114 valence electrons. The maximum atomic E-state index is 12.2. The fraction of sp³-hybridized carbons (Fsp3) is 0.500. The van der Waals surface area contributed by atoms with Gasteiger partial charge in [0.15, 0.2) is 5.65 Å². The van der Waals surface area contributed by atoms with Crippen LogP contribution in [0.4, 0.5) is 0 Å². The maximum absolute atomic E-state index is 12.2. The highest BCUT2D eigenvalue weighted by Crippen LogP contribution is 2.04. The second kappa shape index (κ2) is 6.95. The van der Waals surface area contributed by atoms with Crippen LogP contribution in [0.1, 0.15) is 0 Å². The molecule has 0 aliphatic heterocycles. The van der Waals surface area contributed by atoms with Crippen molar-refractivity contribution in [2.24, 2.45) is 0 Å². The summed E-state index contributed by atoms with van der Waals surface area (Å²) in [6.45, 7) is 0.845. The third kappa shape index (κ3) is 3.44. The molecule has 21 heavy (non-hydrogen) atoms. The second-order valence-electron chi connectivity index (χ2n) is 4.35. The SMILES string of the molecule is COCCNC(=O)Cn1cnc2c(cnn2CCO)c1=O. The molecule has 0 aliphatic carbocycles. The first-order chi connectivity index (χ1) is 10.2. The van der Waals surface area contributed by atoms with E-state index in [9.17, 15) is 9.59 Å². The molecule has 0 unspecified atom stereocenters. The number of carbonyl (C=O) groups is 1. The minimum atomic E-state index is -0.342. The zero-order valence-corrected chi connectivity index (χ0v) is 11.7. The van der Waals surface area contributed by atoms with E-state index in [1.807, 2.05) is 0 Å². The minimum absolute atomic E-state index is 0.0938. The molecule has 9 nitrogen and oxygen atoms in total. The number of ether oxygens (including phenoxy) is 1. The Bertz CT molecular complexity index is 678. The summed E-state index contributed by atoms with van der Waals surface area (Å²) in [5.41, 5.74) is 0.0520. The summed E-state index contributed by atoms with van der Waals surface area (Å²) in [4.78, 5) is 28.0. The van der Waals surface area contributed by atoms with Crippen molar-refractivity contribution < 1.29 is 14.6 Å². The molecule has 2 N–H and O–H groups in total. The lowest BCUT2D eigenvalue weighted by molar-refractivity contribution is -0.121. The first kappa shape index (κ1) is 15.1. The number of rotatable bonds is 7. The van der Waals surface area contributed by atoms with Gasteiger partial charge in [0.1, 0.15) is 18.3 Å². The number of aromatic nitrogens is 4. The average Bonchev–Trinajstić information content (AvgIpc) is 2.87. The number of fused-ring (bicyclic) bond motifs is 1. The Morgan fingerprint density at radius 1 is 1.52 bits per heavy atom. The van der Waals surface area contributed by atoms with Crippen molar-refractivity contribution in [1.82, 2.24) is 24.6 Å². The normalized spacial score (nSPS) is 11.0. The van der Waals surface area contributed by atoms with Crippen LogP contribution in [0.5, 0.6) is 0 Å². The lowest BCUT2D eigenvalue weighted by Gasteiger charge is -2.07. The maximum Gasteiger partial charge on any atom is 0.264 e. The van der Waals surface area contributed by atoms with Gasteiger partial charge >= 0.3 is 0 Å². The number of carbonyl (C=O) groups excluding carboxylic acids is 1. The topological polar surface area (TPSA) is 111 Å². The van der Waals surface area contributed by atoms with Crippen LogP contribution in [0.25, 0.3) is 11.0 Å². The molecule has 0 aliphatic rings. The van der Waals surface area contributed by atoms with Crippen molar-refractivity contribution in [2.45, 2.75) is 13.1 Å². The van der Waals surface area contributed by atoms with Crippen molar-refractivity contribution in [3.63, 3.8) is 0 Å². The lowest BCUT2D eigenvalue weighted by atomic mass is 10.4. The van der Waals surface area contributed by atoms with Crippen LogP contribution in [0, 0.1) is 0 Å². The third-order valence-electron chi connectivity index (χ3n) is 2.88. The monoisotopic (exact) mass is 295 g/mol. The van der Waals surface area contributed by atoms with Gasteiger partial charge in [0.2, 0.25) is 5.91 Å². The second-order valence-corrected chi connectivity index (χ2v) is 4.35. The number of aliphatic hydroxyl groups is 1. The molecule has 0 radical (unpaired) electrons. The summed E-state index contributed by atoms with van der Waals surface area (Å²) in [6.07, 6.45) is 2.69. The van der Waals surface area contributed by atoms with Crippen molar-refractivity contribution >= 4 is 16.9 Å². The van der Waals surface area contributed by atoms with Crippen LogP contribution in [0.2, 0.25) is 0 Å². The van der Waals surface area contributed by atoms with Crippen LogP contribution < -0.4 is 10.9 Å². The molecule has 2 heterocycles. The summed E-state index contributed by atoms with van der Waals surface area (Å²) >= 11 is 0. The molecular formula is C12H17N5O4. The van der Waals surface area contributed by atoms with Gasteiger partial charge in [-0.05, 0) is 0 Å². The molecule has 0 fully saturated rings. The fourth-order valence-corrected chi connectivity index (χ4v) is 1.87. The summed E-state index contributed by atoms with van der Waals surface area (Å²) < 4.78 is 7.48. The number of methoxy groups -OCH3 is 1. The van der Waals surface area contributed by atoms with Crippen LogP contribution in [0.3, 0.4) is 0 Å². The molecule has 0 saturated heterocycles. The molecule has 9 heteroatoms. The molecule has 2 aromatic rings. The van der Waals surface area contributed by atoms with E-state index in [1.54, 1.807) is 7.11 Å². The Kier molecular flexibility index (Phi) is 5.01. The Balaban J connectivity index is 2.16. The predicted molar refractivity (Wildman–Crippen MR) is 73.8 cm³/mol. The first-order valence-corrected chi connectivity index (χ1v) is 6.45. The highest BCUT2D eigenvalue weighted by atomic mass is 16.5. The lowest BCUT2D eigenvalue weighted by Crippen LogP contribution is -2.34. The number of hydrogen-bond donors (Lipinski definition) is 2. The summed E-state index contributed by atoms with van der Waals surface area (Å²) in [7, 11) is 1.54. The van der Waals surface area contributed by atoms with Crippen molar-refractivity contribution in [3.8, 4) is 0 Å². The van der Waals surface area contributed by atoms with Crippen LogP contribution in [-0.4, -0.2) is 57.2 Å². The largest absolute Gasteiger partial charge is 0.394 e. The van der Waals surface area contributed by atoms with E-state index in [2.05, 4.69) is 15.4 Å². The molecule has 0 aromatic carbocycles. The van der Waals surface area contributed by atoms with Crippen molar-refractivity contribution in [3.05, 3.63) is 22.9 Å². The standard InChI is InChI=1S/C12H17N5O4/c1-21-5-2-13-10(19)7-16-8-14-11-9(12(16)20)6-15-17(11)3-4-18/h6,8,18H,2-5,7H2,1H3,(H,13,19). The molecule has 1 amide bonds. The number of nitrogens with zero attached hydrogens (tertiary/aromatic N) is 4. The third-order valence-corrected chi connectivity index (χ3v) is 2.88. The Morgan fingerprint density at radius 3 is 3.05 bits per heavy atom. The zero-order chi connectivity index (χ0) is 15.2.